The third kappa shape index (κ3) is 3.06. The van der Waals surface area contributed by atoms with Gasteiger partial charge in [0, 0.05) is 24.0 Å². The molecule has 0 unspecified atom stereocenters. The normalized spacial score (nSPS) is 13.5. The zero-order chi connectivity index (χ0) is 15.5. The number of thiophene rings is 1. The minimum Gasteiger partial charge on any atom is -0.361 e. The lowest BCUT2D eigenvalue weighted by molar-refractivity contribution is -0.385. The number of rotatable bonds is 4. The molecule has 8 heteroatoms. The lowest BCUT2D eigenvalue weighted by Gasteiger charge is -2.27. The van der Waals surface area contributed by atoms with Crippen LogP contribution in [-0.2, 0) is 17.8 Å². The molecule has 0 atom stereocenters. The number of nitrogens with zero attached hydrogens (tertiary/aromatic N) is 3. The number of aromatic nitrogens is 1. The summed E-state index contributed by atoms with van der Waals surface area (Å²) in [5.74, 6) is 0.448. The Labute approximate surface area is 130 Å². The largest absolute Gasteiger partial charge is 0.361 e. The van der Waals surface area contributed by atoms with Crippen molar-refractivity contribution in [2.75, 3.05) is 18.4 Å². The summed E-state index contributed by atoms with van der Waals surface area (Å²) in [6.07, 6.45) is 2.07. The number of nitrogens with one attached hydrogen (secondary N) is 1. The summed E-state index contributed by atoms with van der Waals surface area (Å²) < 4.78 is 0. The van der Waals surface area contributed by atoms with Crippen LogP contribution < -0.4 is 5.32 Å². The van der Waals surface area contributed by atoms with E-state index in [2.05, 4.69) is 21.7 Å². The maximum atomic E-state index is 12.2. The predicted molar refractivity (Wildman–Crippen MR) is 82.8 cm³/mol. The maximum absolute atomic E-state index is 12.2. The zero-order valence-electron chi connectivity index (χ0n) is 11.7. The number of hydrogen-bond donors (Lipinski definition) is 1. The highest BCUT2D eigenvalue weighted by Crippen LogP contribution is 2.24. The van der Waals surface area contributed by atoms with E-state index in [1.165, 1.54) is 28.8 Å². The quantitative estimate of drug-likeness (QED) is 0.688. The SMILES string of the molecule is O=C(CNc1ccc([N+](=O)[O-])cn1)N1CCc2sccc2C1. The first-order valence-electron chi connectivity index (χ1n) is 6.81. The first kappa shape index (κ1) is 14.5. The third-order valence-electron chi connectivity index (χ3n) is 3.54. The van der Waals surface area contributed by atoms with Gasteiger partial charge in [0.2, 0.25) is 5.91 Å². The molecular formula is C14H14N4O3S. The highest BCUT2D eigenvalue weighted by Gasteiger charge is 2.21. The van der Waals surface area contributed by atoms with Gasteiger partial charge in [-0.3, -0.25) is 14.9 Å². The van der Waals surface area contributed by atoms with Crippen LogP contribution in [0.1, 0.15) is 10.4 Å². The number of amides is 1. The maximum Gasteiger partial charge on any atom is 0.287 e. The van der Waals surface area contributed by atoms with Gasteiger partial charge in [-0.25, -0.2) is 4.98 Å². The molecule has 0 fully saturated rings. The van der Waals surface area contributed by atoms with Crippen LogP contribution in [0, 0.1) is 10.1 Å². The van der Waals surface area contributed by atoms with Crippen molar-refractivity contribution in [1.29, 1.82) is 0 Å². The van der Waals surface area contributed by atoms with Crippen molar-refractivity contribution in [2.24, 2.45) is 0 Å². The van der Waals surface area contributed by atoms with Gasteiger partial charge in [0.05, 0.1) is 11.5 Å². The molecular weight excluding hydrogens is 304 g/mol. The first-order chi connectivity index (χ1) is 10.6. The number of pyridine rings is 1. The van der Waals surface area contributed by atoms with Crippen molar-refractivity contribution in [3.05, 3.63) is 50.3 Å². The van der Waals surface area contributed by atoms with E-state index >= 15 is 0 Å². The second kappa shape index (κ2) is 6.10. The highest BCUT2D eigenvalue weighted by molar-refractivity contribution is 7.10. The van der Waals surface area contributed by atoms with Crippen molar-refractivity contribution >= 4 is 28.7 Å². The number of carbonyl (C=O) groups is 1. The van der Waals surface area contributed by atoms with Crippen molar-refractivity contribution in [1.82, 2.24) is 9.88 Å². The summed E-state index contributed by atoms with van der Waals surface area (Å²) in [7, 11) is 0. The van der Waals surface area contributed by atoms with Gasteiger partial charge in [0.25, 0.3) is 5.69 Å². The van der Waals surface area contributed by atoms with Crippen LogP contribution in [0.4, 0.5) is 11.5 Å². The highest BCUT2D eigenvalue weighted by atomic mass is 32.1. The lowest BCUT2D eigenvalue weighted by Crippen LogP contribution is -2.38. The molecule has 3 rings (SSSR count). The van der Waals surface area contributed by atoms with Crippen molar-refractivity contribution < 1.29 is 9.72 Å². The van der Waals surface area contributed by atoms with Crippen LogP contribution in [0.2, 0.25) is 0 Å². The van der Waals surface area contributed by atoms with E-state index in [4.69, 9.17) is 0 Å². The summed E-state index contributed by atoms with van der Waals surface area (Å²) in [5.41, 5.74) is 1.15. The van der Waals surface area contributed by atoms with E-state index in [0.29, 0.717) is 12.4 Å². The van der Waals surface area contributed by atoms with E-state index in [1.807, 2.05) is 4.90 Å². The van der Waals surface area contributed by atoms with Crippen LogP contribution in [0.15, 0.2) is 29.8 Å². The van der Waals surface area contributed by atoms with Gasteiger partial charge >= 0.3 is 0 Å². The minimum absolute atomic E-state index is 0.00278. The van der Waals surface area contributed by atoms with Gasteiger partial charge in [0.15, 0.2) is 0 Å². The second-order valence-corrected chi connectivity index (χ2v) is 5.95. The summed E-state index contributed by atoms with van der Waals surface area (Å²) >= 11 is 1.73. The molecule has 0 radical (unpaired) electrons. The van der Waals surface area contributed by atoms with Crippen molar-refractivity contribution in [2.45, 2.75) is 13.0 Å². The Morgan fingerprint density at radius 3 is 3.05 bits per heavy atom. The van der Waals surface area contributed by atoms with Crippen LogP contribution in [-0.4, -0.2) is 33.8 Å². The number of fused-ring (bicyclic) bond motifs is 1. The van der Waals surface area contributed by atoms with E-state index in [1.54, 1.807) is 11.3 Å². The minimum atomic E-state index is -0.506. The molecule has 2 aromatic rings. The third-order valence-corrected chi connectivity index (χ3v) is 4.56. The Hall–Kier alpha value is -2.48. The fraction of sp³-hybridized carbons (Fsp3) is 0.286. The summed E-state index contributed by atoms with van der Waals surface area (Å²) in [6.45, 7) is 1.50. The Morgan fingerprint density at radius 1 is 1.45 bits per heavy atom. The summed E-state index contributed by atoms with van der Waals surface area (Å²) in [6, 6.07) is 4.92. The molecule has 22 heavy (non-hydrogen) atoms. The molecule has 1 aliphatic rings. The first-order valence-corrected chi connectivity index (χ1v) is 7.69. The molecule has 1 aliphatic heterocycles. The van der Waals surface area contributed by atoms with Gasteiger partial charge in [0.1, 0.15) is 12.0 Å². The number of nitro groups is 1. The van der Waals surface area contributed by atoms with Gasteiger partial charge in [-0.15, -0.1) is 11.3 Å². The Bertz CT molecular complexity index is 698. The summed E-state index contributed by atoms with van der Waals surface area (Å²) in [4.78, 5) is 29.3. The Balaban J connectivity index is 1.55. The monoisotopic (exact) mass is 318 g/mol. The van der Waals surface area contributed by atoms with Crippen LogP contribution in [0.5, 0.6) is 0 Å². The van der Waals surface area contributed by atoms with Crippen LogP contribution >= 0.6 is 11.3 Å². The number of anilines is 1. The summed E-state index contributed by atoms with van der Waals surface area (Å²) in [5, 5.41) is 15.5. The van der Waals surface area contributed by atoms with E-state index in [9.17, 15) is 14.9 Å². The topological polar surface area (TPSA) is 88.4 Å². The standard InChI is InChI=1S/C14H14N4O3S/c19-14(17-5-3-12-10(9-17)4-6-22-12)8-16-13-2-1-11(7-15-13)18(20)21/h1-2,4,6-7H,3,5,8-9H2,(H,15,16). The average Bonchev–Trinajstić information content (AvgIpc) is 3.00. The molecule has 2 aromatic heterocycles. The van der Waals surface area contributed by atoms with Crippen molar-refractivity contribution in [3.8, 4) is 0 Å². The zero-order valence-corrected chi connectivity index (χ0v) is 12.5. The van der Waals surface area contributed by atoms with Gasteiger partial charge in [-0.1, -0.05) is 0 Å². The average molecular weight is 318 g/mol. The second-order valence-electron chi connectivity index (χ2n) is 4.95. The van der Waals surface area contributed by atoms with Gasteiger partial charge < -0.3 is 10.2 Å². The number of hydrogen-bond acceptors (Lipinski definition) is 6. The molecule has 3 heterocycles. The molecule has 114 valence electrons. The molecule has 0 bridgehead atoms. The fourth-order valence-corrected chi connectivity index (χ4v) is 3.23. The van der Waals surface area contributed by atoms with Gasteiger partial charge in [-0.05, 0) is 29.5 Å². The molecule has 0 saturated carbocycles. The van der Waals surface area contributed by atoms with E-state index in [-0.39, 0.29) is 18.1 Å². The Morgan fingerprint density at radius 2 is 2.32 bits per heavy atom. The van der Waals surface area contributed by atoms with Crippen LogP contribution in [0.25, 0.3) is 0 Å². The molecule has 7 nitrogen and oxygen atoms in total. The fourth-order valence-electron chi connectivity index (χ4n) is 2.34. The number of carbonyl (C=O) groups excluding carboxylic acids is 1. The smallest absolute Gasteiger partial charge is 0.287 e. The lowest BCUT2D eigenvalue weighted by atomic mass is 10.1. The molecule has 0 saturated heterocycles. The van der Waals surface area contributed by atoms with Crippen LogP contribution in [0.3, 0.4) is 0 Å². The predicted octanol–water partition coefficient (Wildman–Crippen LogP) is 2.05. The van der Waals surface area contributed by atoms with Crippen molar-refractivity contribution in [3.63, 3.8) is 0 Å². The Kier molecular flexibility index (Phi) is 4.01. The molecule has 0 aliphatic carbocycles. The van der Waals surface area contributed by atoms with E-state index < -0.39 is 4.92 Å². The molecule has 1 N–H and O–H groups in total. The molecule has 0 spiro atoms. The van der Waals surface area contributed by atoms with E-state index in [0.717, 1.165) is 13.0 Å². The van der Waals surface area contributed by atoms with Gasteiger partial charge in [-0.2, -0.15) is 0 Å². The molecule has 1 amide bonds. The molecule has 0 aromatic carbocycles.